The fourth-order valence-corrected chi connectivity index (χ4v) is 1.96. The Morgan fingerprint density at radius 2 is 1.84 bits per heavy atom. The zero-order valence-corrected chi connectivity index (χ0v) is 12.4. The fourth-order valence-electron chi connectivity index (χ4n) is 1.96. The molecule has 106 valence electrons. The molecular formula is C15H25N3O. The van der Waals surface area contributed by atoms with Gasteiger partial charge in [0.1, 0.15) is 0 Å². The highest BCUT2D eigenvalue weighted by molar-refractivity contribution is 5.94. The van der Waals surface area contributed by atoms with E-state index in [1.54, 1.807) is 11.9 Å². The van der Waals surface area contributed by atoms with Crippen LogP contribution in [0, 0.1) is 5.92 Å². The number of hydrogen-bond acceptors (Lipinski definition) is 3. The van der Waals surface area contributed by atoms with Crippen LogP contribution in [0.4, 0.5) is 11.4 Å². The van der Waals surface area contributed by atoms with Crippen molar-refractivity contribution in [1.29, 1.82) is 0 Å². The van der Waals surface area contributed by atoms with Crippen LogP contribution in [0.3, 0.4) is 0 Å². The molecule has 0 fully saturated rings. The summed E-state index contributed by atoms with van der Waals surface area (Å²) >= 11 is 0. The largest absolute Gasteiger partial charge is 0.399 e. The molecule has 0 saturated carbocycles. The zero-order chi connectivity index (χ0) is 14.4. The maximum absolute atomic E-state index is 12.2. The highest BCUT2D eigenvalue weighted by Crippen LogP contribution is 2.15. The molecule has 1 aromatic carbocycles. The Balaban J connectivity index is 2.63. The number of amides is 1. The topological polar surface area (TPSA) is 49.6 Å². The van der Waals surface area contributed by atoms with E-state index in [1.807, 2.05) is 24.3 Å². The van der Waals surface area contributed by atoms with Gasteiger partial charge in [0.05, 0.1) is 6.54 Å². The maximum atomic E-state index is 12.2. The molecule has 1 aromatic rings. The molecule has 0 unspecified atom stereocenters. The summed E-state index contributed by atoms with van der Waals surface area (Å²) in [6.45, 7) is 8.69. The number of nitrogen functional groups attached to an aromatic ring is 1. The van der Waals surface area contributed by atoms with Crippen LogP contribution in [-0.2, 0) is 4.79 Å². The van der Waals surface area contributed by atoms with E-state index in [-0.39, 0.29) is 5.91 Å². The standard InChI is InChI=1S/C15H25N3O/c1-5-18(10-12(2)3)11-15(19)17(4)14-8-6-13(16)7-9-14/h6-9,12H,5,10-11,16H2,1-4H3. The van der Waals surface area contributed by atoms with Crippen molar-refractivity contribution in [2.75, 3.05) is 37.3 Å². The monoisotopic (exact) mass is 263 g/mol. The van der Waals surface area contributed by atoms with E-state index < -0.39 is 0 Å². The van der Waals surface area contributed by atoms with E-state index in [9.17, 15) is 4.79 Å². The second kappa shape index (κ2) is 7.14. The van der Waals surface area contributed by atoms with Crippen LogP contribution in [0.25, 0.3) is 0 Å². The first-order valence-corrected chi connectivity index (χ1v) is 6.78. The van der Waals surface area contributed by atoms with Crippen molar-refractivity contribution < 1.29 is 4.79 Å². The Hall–Kier alpha value is -1.55. The summed E-state index contributed by atoms with van der Waals surface area (Å²) in [5, 5.41) is 0. The van der Waals surface area contributed by atoms with Gasteiger partial charge < -0.3 is 10.6 Å². The molecule has 0 bridgehead atoms. The summed E-state index contributed by atoms with van der Waals surface area (Å²) in [5.74, 6) is 0.668. The normalized spacial score (nSPS) is 11.1. The molecule has 1 amide bonds. The number of carbonyl (C=O) groups is 1. The predicted octanol–water partition coefficient (Wildman–Crippen LogP) is 2.21. The average molecular weight is 263 g/mol. The van der Waals surface area contributed by atoms with Gasteiger partial charge in [-0.25, -0.2) is 0 Å². The Morgan fingerprint density at radius 3 is 2.32 bits per heavy atom. The van der Waals surface area contributed by atoms with Gasteiger partial charge in [-0.3, -0.25) is 9.69 Å². The van der Waals surface area contributed by atoms with Crippen LogP contribution in [0.5, 0.6) is 0 Å². The molecule has 4 heteroatoms. The van der Waals surface area contributed by atoms with Gasteiger partial charge in [0.15, 0.2) is 0 Å². The average Bonchev–Trinajstić information content (AvgIpc) is 2.37. The second-order valence-electron chi connectivity index (χ2n) is 5.27. The quantitative estimate of drug-likeness (QED) is 0.801. The van der Waals surface area contributed by atoms with Gasteiger partial charge in [-0.05, 0) is 36.7 Å². The number of nitrogens with zero attached hydrogens (tertiary/aromatic N) is 2. The number of likely N-dealkylation sites (N-methyl/N-ethyl adjacent to an activating group) is 2. The third kappa shape index (κ3) is 4.91. The number of hydrogen-bond donors (Lipinski definition) is 1. The molecule has 19 heavy (non-hydrogen) atoms. The van der Waals surface area contributed by atoms with E-state index in [0.29, 0.717) is 18.2 Å². The number of rotatable bonds is 6. The number of carbonyl (C=O) groups excluding carboxylic acids is 1. The molecule has 0 aliphatic heterocycles. The molecule has 1 rings (SSSR count). The summed E-state index contributed by atoms with van der Waals surface area (Å²) in [4.78, 5) is 16.1. The molecule has 0 saturated heterocycles. The fraction of sp³-hybridized carbons (Fsp3) is 0.533. The van der Waals surface area contributed by atoms with Crippen LogP contribution in [0.1, 0.15) is 20.8 Å². The highest BCUT2D eigenvalue weighted by atomic mass is 16.2. The third-order valence-corrected chi connectivity index (χ3v) is 3.08. The Kier molecular flexibility index (Phi) is 5.83. The summed E-state index contributed by atoms with van der Waals surface area (Å²) in [6.07, 6.45) is 0. The minimum Gasteiger partial charge on any atom is -0.399 e. The first kappa shape index (κ1) is 15.5. The van der Waals surface area contributed by atoms with Crippen molar-refractivity contribution in [1.82, 2.24) is 4.90 Å². The summed E-state index contributed by atoms with van der Waals surface area (Å²) in [6, 6.07) is 7.35. The SMILES string of the molecule is CCN(CC(=O)N(C)c1ccc(N)cc1)CC(C)C. The minimum absolute atomic E-state index is 0.104. The lowest BCUT2D eigenvalue weighted by molar-refractivity contribution is -0.119. The number of benzene rings is 1. The molecule has 2 N–H and O–H groups in total. The van der Waals surface area contributed by atoms with Gasteiger partial charge in [0, 0.05) is 25.0 Å². The molecule has 0 heterocycles. The van der Waals surface area contributed by atoms with Crippen LogP contribution in [-0.4, -0.2) is 37.5 Å². The minimum atomic E-state index is 0.104. The van der Waals surface area contributed by atoms with Crippen LogP contribution >= 0.6 is 0 Å². The molecular weight excluding hydrogens is 238 g/mol. The van der Waals surface area contributed by atoms with Crippen molar-refractivity contribution in [3.8, 4) is 0 Å². The Morgan fingerprint density at radius 1 is 1.26 bits per heavy atom. The van der Waals surface area contributed by atoms with E-state index in [2.05, 4.69) is 25.7 Å². The van der Waals surface area contributed by atoms with Gasteiger partial charge in [-0.15, -0.1) is 0 Å². The first-order valence-electron chi connectivity index (χ1n) is 6.78. The van der Waals surface area contributed by atoms with Crippen LogP contribution in [0.2, 0.25) is 0 Å². The first-order chi connectivity index (χ1) is 8.93. The van der Waals surface area contributed by atoms with Crippen LogP contribution < -0.4 is 10.6 Å². The van der Waals surface area contributed by atoms with Gasteiger partial charge in [-0.2, -0.15) is 0 Å². The molecule has 0 spiro atoms. The summed E-state index contributed by atoms with van der Waals surface area (Å²) in [5.41, 5.74) is 7.23. The van der Waals surface area contributed by atoms with Gasteiger partial charge in [0.25, 0.3) is 0 Å². The zero-order valence-electron chi connectivity index (χ0n) is 12.4. The van der Waals surface area contributed by atoms with E-state index in [0.717, 1.165) is 18.8 Å². The van der Waals surface area contributed by atoms with Crippen molar-refractivity contribution in [3.05, 3.63) is 24.3 Å². The second-order valence-corrected chi connectivity index (χ2v) is 5.27. The lowest BCUT2D eigenvalue weighted by Gasteiger charge is -2.25. The summed E-state index contributed by atoms with van der Waals surface area (Å²) < 4.78 is 0. The molecule has 0 radical (unpaired) electrons. The maximum Gasteiger partial charge on any atom is 0.240 e. The number of nitrogens with two attached hydrogens (primary N) is 1. The Labute approximate surface area is 116 Å². The molecule has 0 aliphatic rings. The van der Waals surface area contributed by atoms with Crippen molar-refractivity contribution in [3.63, 3.8) is 0 Å². The van der Waals surface area contributed by atoms with E-state index >= 15 is 0 Å². The van der Waals surface area contributed by atoms with Gasteiger partial charge in [-0.1, -0.05) is 20.8 Å². The molecule has 0 atom stereocenters. The molecule has 0 aromatic heterocycles. The molecule has 0 aliphatic carbocycles. The lowest BCUT2D eigenvalue weighted by Crippen LogP contribution is -2.39. The third-order valence-electron chi connectivity index (χ3n) is 3.08. The van der Waals surface area contributed by atoms with Crippen LogP contribution in [0.15, 0.2) is 24.3 Å². The summed E-state index contributed by atoms with van der Waals surface area (Å²) in [7, 11) is 1.80. The highest BCUT2D eigenvalue weighted by Gasteiger charge is 2.15. The number of anilines is 2. The van der Waals surface area contributed by atoms with Crippen molar-refractivity contribution in [2.45, 2.75) is 20.8 Å². The van der Waals surface area contributed by atoms with Crippen molar-refractivity contribution >= 4 is 17.3 Å². The smallest absolute Gasteiger partial charge is 0.240 e. The molecule has 4 nitrogen and oxygen atoms in total. The van der Waals surface area contributed by atoms with Gasteiger partial charge in [0.2, 0.25) is 5.91 Å². The van der Waals surface area contributed by atoms with E-state index in [4.69, 9.17) is 5.73 Å². The lowest BCUT2D eigenvalue weighted by atomic mass is 10.2. The van der Waals surface area contributed by atoms with Gasteiger partial charge >= 0.3 is 0 Å². The van der Waals surface area contributed by atoms with Crippen molar-refractivity contribution in [2.24, 2.45) is 5.92 Å². The van der Waals surface area contributed by atoms with E-state index in [1.165, 1.54) is 0 Å². The Bertz CT molecular complexity index is 400. The predicted molar refractivity (Wildman–Crippen MR) is 81.2 cm³/mol.